The van der Waals surface area contributed by atoms with Gasteiger partial charge >= 0.3 is 0 Å². The maximum atomic E-state index is 5.62. The van der Waals surface area contributed by atoms with E-state index in [4.69, 9.17) is 20.2 Å². The largest absolute Gasteiger partial charge is 0.497 e. The Morgan fingerprint density at radius 3 is 2.00 bits per heavy atom. The highest BCUT2D eigenvalue weighted by Gasteiger charge is 2.11. The number of pyridine rings is 1. The van der Waals surface area contributed by atoms with Crippen LogP contribution in [0.3, 0.4) is 0 Å². The molecule has 0 bridgehead atoms. The summed E-state index contributed by atoms with van der Waals surface area (Å²) in [5.74, 6) is 1.62. The highest BCUT2D eigenvalue weighted by atomic mass is 16.5. The normalized spacial score (nSPS) is 10.9. The first kappa shape index (κ1) is 15.4. The van der Waals surface area contributed by atoms with Gasteiger partial charge in [0.05, 0.1) is 30.9 Å². The van der Waals surface area contributed by atoms with Crippen molar-refractivity contribution in [1.29, 1.82) is 0 Å². The molecule has 0 unspecified atom stereocenters. The molecule has 0 spiro atoms. The standard InChI is InChI=1S/C18H21N3O2/c1-22-12-4-6-16-14(10-12)18(20-9-3-8-19)15-11-13(23-2)5-7-17(15)21-16/h4-7,10-11H,3,8-9,19H2,1-2H3,(H,20,21). The van der Waals surface area contributed by atoms with Crippen molar-refractivity contribution in [2.45, 2.75) is 6.42 Å². The van der Waals surface area contributed by atoms with E-state index in [1.165, 1.54) is 0 Å². The summed E-state index contributed by atoms with van der Waals surface area (Å²) in [7, 11) is 3.33. The topological polar surface area (TPSA) is 69.4 Å². The molecule has 0 aliphatic carbocycles. The number of nitrogens with two attached hydrogens (primary N) is 1. The monoisotopic (exact) mass is 311 g/mol. The third-order valence-electron chi connectivity index (χ3n) is 3.87. The minimum Gasteiger partial charge on any atom is -0.497 e. The van der Waals surface area contributed by atoms with Crippen molar-refractivity contribution in [3.05, 3.63) is 36.4 Å². The maximum Gasteiger partial charge on any atom is 0.119 e. The fourth-order valence-electron chi connectivity index (χ4n) is 2.66. The SMILES string of the molecule is COc1ccc2nc3ccc(OC)cc3c(NCCCN)c2c1. The molecule has 0 amide bonds. The van der Waals surface area contributed by atoms with Crippen molar-refractivity contribution in [2.75, 3.05) is 32.6 Å². The summed E-state index contributed by atoms with van der Waals surface area (Å²) in [5.41, 5.74) is 8.51. The highest BCUT2D eigenvalue weighted by Crippen LogP contribution is 2.34. The predicted molar refractivity (Wildman–Crippen MR) is 94.5 cm³/mol. The minimum atomic E-state index is 0.653. The summed E-state index contributed by atoms with van der Waals surface area (Å²) in [6.45, 7) is 1.46. The van der Waals surface area contributed by atoms with E-state index in [0.29, 0.717) is 6.54 Å². The van der Waals surface area contributed by atoms with Crippen molar-refractivity contribution < 1.29 is 9.47 Å². The molecule has 2 aromatic carbocycles. The number of nitrogens with one attached hydrogen (secondary N) is 1. The van der Waals surface area contributed by atoms with E-state index >= 15 is 0 Å². The van der Waals surface area contributed by atoms with Gasteiger partial charge in [-0.15, -0.1) is 0 Å². The molecule has 23 heavy (non-hydrogen) atoms. The van der Waals surface area contributed by atoms with Crippen LogP contribution in [0.2, 0.25) is 0 Å². The molecular formula is C18H21N3O2. The lowest BCUT2D eigenvalue weighted by Gasteiger charge is -2.14. The fourth-order valence-corrected chi connectivity index (χ4v) is 2.66. The summed E-state index contributed by atoms with van der Waals surface area (Å²) in [5, 5.41) is 5.56. The van der Waals surface area contributed by atoms with E-state index in [1.807, 2.05) is 36.4 Å². The van der Waals surface area contributed by atoms with Crippen LogP contribution in [0.25, 0.3) is 21.8 Å². The molecule has 3 N–H and O–H groups in total. The maximum absolute atomic E-state index is 5.62. The van der Waals surface area contributed by atoms with Gasteiger partial charge in [0.15, 0.2) is 0 Å². The average molecular weight is 311 g/mol. The van der Waals surface area contributed by atoms with Gasteiger partial charge in [-0.1, -0.05) is 0 Å². The molecule has 3 aromatic rings. The Bertz CT molecular complexity index is 771. The number of anilines is 1. The zero-order valence-electron chi connectivity index (χ0n) is 13.4. The van der Waals surface area contributed by atoms with Gasteiger partial charge in [0.25, 0.3) is 0 Å². The zero-order chi connectivity index (χ0) is 16.2. The Morgan fingerprint density at radius 2 is 1.52 bits per heavy atom. The Morgan fingerprint density at radius 1 is 0.957 bits per heavy atom. The van der Waals surface area contributed by atoms with Crippen LogP contribution >= 0.6 is 0 Å². The van der Waals surface area contributed by atoms with Gasteiger partial charge in [-0.05, 0) is 49.4 Å². The average Bonchev–Trinajstić information content (AvgIpc) is 2.60. The van der Waals surface area contributed by atoms with Crippen molar-refractivity contribution in [1.82, 2.24) is 4.98 Å². The Labute approximate surface area is 135 Å². The molecule has 0 radical (unpaired) electrons. The van der Waals surface area contributed by atoms with E-state index in [1.54, 1.807) is 14.2 Å². The summed E-state index contributed by atoms with van der Waals surface area (Å²) in [4.78, 5) is 4.74. The van der Waals surface area contributed by atoms with Crippen LogP contribution in [-0.2, 0) is 0 Å². The van der Waals surface area contributed by atoms with Crippen LogP contribution in [0.1, 0.15) is 6.42 Å². The fraction of sp³-hybridized carbons (Fsp3) is 0.278. The molecule has 0 saturated carbocycles. The molecule has 0 aliphatic rings. The number of benzene rings is 2. The molecule has 5 heteroatoms. The van der Waals surface area contributed by atoms with Crippen LogP contribution in [0, 0.1) is 0 Å². The zero-order valence-corrected chi connectivity index (χ0v) is 13.4. The Balaban J connectivity index is 2.25. The Hall–Kier alpha value is -2.53. The van der Waals surface area contributed by atoms with Crippen molar-refractivity contribution in [2.24, 2.45) is 5.73 Å². The number of hydrogen-bond donors (Lipinski definition) is 2. The lowest BCUT2D eigenvalue weighted by Crippen LogP contribution is -2.09. The molecule has 1 heterocycles. The van der Waals surface area contributed by atoms with Gasteiger partial charge in [0, 0.05) is 17.3 Å². The van der Waals surface area contributed by atoms with Crippen LogP contribution in [0.15, 0.2) is 36.4 Å². The number of rotatable bonds is 6. The van der Waals surface area contributed by atoms with Gasteiger partial charge in [0.1, 0.15) is 11.5 Å². The van der Waals surface area contributed by atoms with Crippen LogP contribution in [0.4, 0.5) is 5.69 Å². The van der Waals surface area contributed by atoms with Gasteiger partial charge in [-0.3, -0.25) is 0 Å². The summed E-state index contributed by atoms with van der Waals surface area (Å²) >= 11 is 0. The molecule has 0 aliphatic heterocycles. The first-order valence-electron chi connectivity index (χ1n) is 7.66. The van der Waals surface area contributed by atoms with E-state index in [-0.39, 0.29) is 0 Å². The first-order valence-corrected chi connectivity index (χ1v) is 7.66. The number of nitrogens with zero attached hydrogens (tertiary/aromatic N) is 1. The van der Waals surface area contributed by atoms with Crippen LogP contribution in [0.5, 0.6) is 11.5 Å². The Kier molecular flexibility index (Phi) is 4.48. The molecule has 0 fully saturated rings. The second-order valence-corrected chi connectivity index (χ2v) is 5.32. The molecule has 1 aromatic heterocycles. The highest BCUT2D eigenvalue weighted by molar-refractivity contribution is 6.08. The summed E-state index contributed by atoms with van der Waals surface area (Å²) in [6, 6.07) is 11.8. The third-order valence-corrected chi connectivity index (χ3v) is 3.87. The van der Waals surface area contributed by atoms with E-state index in [9.17, 15) is 0 Å². The number of ether oxygens (including phenoxy) is 2. The summed E-state index contributed by atoms with van der Waals surface area (Å²) < 4.78 is 10.7. The van der Waals surface area contributed by atoms with E-state index in [2.05, 4.69) is 5.32 Å². The van der Waals surface area contributed by atoms with Gasteiger partial charge in [-0.2, -0.15) is 0 Å². The molecule has 0 atom stereocenters. The number of fused-ring (bicyclic) bond motifs is 2. The van der Waals surface area contributed by atoms with E-state index in [0.717, 1.165) is 52.0 Å². The smallest absolute Gasteiger partial charge is 0.119 e. The number of aromatic nitrogens is 1. The molecular weight excluding hydrogens is 290 g/mol. The quantitative estimate of drug-likeness (QED) is 0.540. The second-order valence-electron chi connectivity index (χ2n) is 5.32. The summed E-state index contributed by atoms with van der Waals surface area (Å²) in [6.07, 6.45) is 0.902. The van der Waals surface area contributed by atoms with Crippen LogP contribution in [-0.4, -0.2) is 32.3 Å². The van der Waals surface area contributed by atoms with Gasteiger partial charge in [0.2, 0.25) is 0 Å². The van der Waals surface area contributed by atoms with Gasteiger partial charge < -0.3 is 20.5 Å². The molecule has 3 rings (SSSR count). The molecule has 120 valence electrons. The lowest BCUT2D eigenvalue weighted by atomic mass is 10.1. The van der Waals surface area contributed by atoms with Crippen LogP contribution < -0.4 is 20.5 Å². The number of methoxy groups -OCH3 is 2. The minimum absolute atomic E-state index is 0.653. The van der Waals surface area contributed by atoms with Crippen molar-refractivity contribution in [3.63, 3.8) is 0 Å². The lowest BCUT2D eigenvalue weighted by molar-refractivity contribution is 0.415. The van der Waals surface area contributed by atoms with Crippen molar-refractivity contribution >= 4 is 27.5 Å². The molecule has 5 nitrogen and oxygen atoms in total. The molecule has 0 saturated heterocycles. The number of hydrogen-bond acceptors (Lipinski definition) is 5. The second kappa shape index (κ2) is 6.71. The van der Waals surface area contributed by atoms with Crippen molar-refractivity contribution in [3.8, 4) is 11.5 Å². The van der Waals surface area contributed by atoms with Gasteiger partial charge in [-0.25, -0.2) is 4.98 Å². The first-order chi connectivity index (χ1) is 11.3. The predicted octanol–water partition coefficient (Wildman–Crippen LogP) is 3.17. The van der Waals surface area contributed by atoms with E-state index < -0.39 is 0 Å². The third kappa shape index (κ3) is 3.00.